The van der Waals surface area contributed by atoms with Gasteiger partial charge in [0.25, 0.3) is 0 Å². The molecule has 18 heavy (non-hydrogen) atoms. The second-order valence-electron chi connectivity index (χ2n) is 3.59. The fourth-order valence-corrected chi connectivity index (χ4v) is 1.76. The van der Waals surface area contributed by atoms with Crippen LogP contribution in [-0.4, -0.2) is 27.3 Å². The van der Waals surface area contributed by atoms with Crippen LogP contribution in [0.4, 0.5) is 5.69 Å². The van der Waals surface area contributed by atoms with Gasteiger partial charge < -0.3 is 5.32 Å². The van der Waals surface area contributed by atoms with Crippen molar-refractivity contribution in [2.45, 2.75) is 12.1 Å². The van der Waals surface area contributed by atoms with Crippen molar-refractivity contribution in [3.8, 4) is 11.3 Å². The van der Waals surface area contributed by atoms with E-state index in [1.54, 1.807) is 6.20 Å². The van der Waals surface area contributed by atoms with Crippen LogP contribution in [-0.2, 0) is 4.79 Å². The molecule has 0 aliphatic rings. The number of amides is 1. The lowest BCUT2D eigenvalue weighted by atomic mass is 10.1. The Morgan fingerprint density at radius 2 is 2.00 bits per heavy atom. The number of hydrogen-bond donors (Lipinski definition) is 1. The Morgan fingerprint density at radius 1 is 1.28 bits per heavy atom. The molecule has 5 nitrogen and oxygen atoms in total. The van der Waals surface area contributed by atoms with Crippen molar-refractivity contribution < 1.29 is 4.79 Å². The van der Waals surface area contributed by atoms with Crippen LogP contribution in [0.5, 0.6) is 0 Å². The number of aromatic nitrogens is 3. The minimum Gasteiger partial charge on any atom is -0.326 e. The third kappa shape index (κ3) is 3.04. The number of carbonyl (C=O) groups excluding carboxylic acids is 1. The highest BCUT2D eigenvalue weighted by molar-refractivity contribution is 7.98. The van der Waals surface area contributed by atoms with Gasteiger partial charge in [-0.2, -0.15) is 5.10 Å². The van der Waals surface area contributed by atoms with E-state index in [0.717, 1.165) is 16.9 Å². The van der Waals surface area contributed by atoms with Gasteiger partial charge in [0, 0.05) is 18.2 Å². The molecule has 1 N–H and O–H groups in total. The predicted molar refractivity (Wildman–Crippen MR) is 71.3 cm³/mol. The first-order valence-electron chi connectivity index (χ1n) is 5.31. The fraction of sp³-hybridized carbons (Fsp3) is 0.167. The third-order valence-electron chi connectivity index (χ3n) is 2.22. The van der Waals surface area contributed by atoms with Gasteiger partial charge >= 0.3 is 0 Å². The summed E-state index contributed by atoms with van der Waals surface area (Å²) in [6.45, 7) is 1.48. The fourth-order valence-electron chi connectivity index (χ4n) is 1.44. The molecule has 0 radical (unpaired) electrons. The standard InChI is InChI=1S/C12H12N4OS/c1-8(17)14-10-5-3-9(4-6-10)11-7-13-16-12(15-11)18-2/h3-7H,1-2H3,(H,14,17). The number of carbonyl (C=O) groups is 1. The third-order valence-corrected chi connectivity index (χ3v) is 2.76. The zero-order valence-corrected chi connectivity index (χ0v) is 10.9. The van der Waals surface area contributed by atoms with Gasteiger partial charge in [-0.15, -0.1) is 5.10 Å². The Balaban J connectivity index is 2.25. The van der Waals surface area contributed by atoms with Gasteiger partial charge in [0.15, 0.2) is 0 Å². The Morgan fingerprint density at radius 3 is 2.61 bits per heavy atom. The summed E-state index contributed by atoms with van der Waals surface area (Å²) in [5.41, 5.74) is 2.47. The number of hydrogen-bond acceptors (Lipinski definition) is 5. The Bertz CT molecular complexity index is 556. The van der Waals surface area contributed by atoms with Gasteiger partial charge in [-0.05, 0) is 18.4 Å². The summed E-state index contributed by atoms with van der Waals surface area (Å²) in [6, 6.07) is 7.44. The van der Waals surface area contributed by atoms with Crippen molar-refractivity contribution in [1.82, 2.24) is 15.2 Å². The van der Waals surface area contributed by atoms with Gasteiger partial charge in [-0.25, -0.2) is 4.98 Å². The Hall–Kier alpha value is -1.95. The predicted octanol–water partition coefficient (Wildman–Crippen LogP) is 2.22. The van der Waals surface area contributed by atoms with Crippen LogP contribution >= 0.6 is 11.8 Å². The molecule has 0 saturated carbocycles. The first-order chi connectivity index (χ1) is 8.69. The molecule has 6 heteroatoms. The first-order valence-corrected chi connectivity index (χ1v) is 6.53. The van der Waals surface area contributed by atoms with Gasteiger partial charge in [-0.1, -0.05) is 23.9 Å². The van der Waals surface area contributed by atoms with E-state index in [9.17, 15) is 4.79 Å². The van der Waals surface area contributed by atoms with Crippen molar-refractivity contribution in [3.05, 3.63) is 30.5 Å². The molecule has 2 rings (SSSR count). The van der Waals surface area contributed by atoms with Gasteiger partial charge in [0.1, 0.15) is 0 Å². The Kier molecular flexibility index (Phi) is 3.88. The van der Waals surface area contributed by atoms with Crippen LogP contribution in [0.15, 0.2) is 35.6 Å². The highest BCUT2D eigenvalue weighted by atomic mass is 32.2. The monoisotopic (exact) mass is 260 g/mol. The van der Waals surface area contributed by atoms with Crippen LogP contribution in [0.25, 0.3) is 11.3 Å². The number of anilines is 1. The van der Waals surface area contributed by atoms with Crippen molar-refractivity contribution >= 4 is 23.4 Å². The summed E-state index contributed by atoms with van der Waals surface area (Å²) >= 11 is 1.45. The minimum atomic E-state index is -0.0869. The normalized spacial score (nSPS) is 10.1. The summed E-state index contributed by atoms with van der Waals surface area (Å²) in [4.78, 5) is 15.3. The number of thioether (sulfide) groups is 1. The molecule has 0 saturated heterocycles. The van der Waals surface area contributed by atoms with E-state index in [4.69, 9.17) is 0 Å². The molecule has 1 heterocycles. The van der Waals surface area contributed by atoms with Gasteiger partial charge in [-0.3, -0.25) is 4.79 Å². The molecule has 0 bridgehead atoms. The van der Waals surface area contributed by atoms with Crippen LogP contribution in [0.2, 0.25) is 0 Å². The number of nitrogens with one attached hydrogen (secondary N) is 1. The van der Waals surface area contributed by atoms with E-state index in [1.807, 2.05) is 30.5 Å². The molecule has 0 aliphatic carbocycles. The summed E-state index contributed by atoms with van der Waals surface area (Å²) in [5.74, 6) is -0.0869. The molecule has 1 aromatic carbocycles. The summed E-state index contributed by atoms with van der Waals surface area (Å²) in [5, 5.41) is 11.1. The lowest BCUT2D eigenvalue weighted by Crippen LogP contribution is -2.05. The SMILES string of the molecule is CSc1nncc(-c2ccc(NC(C)=O)cc2)n1. The van der Waals surface area contributed by atoms with Crippen LogP contribution in [0, 0.1) is 0 Å². The molecule has 2 aromatic rings. The van der Waals surface area contributed by atoms with Crippen molar-refractivity contribution in [1.29, 1.82) is 0 Å². The summed E-state index contributed by atoms with van der Waals surface area (Å²) < 4.78 is 0. The maximum absolute atomic E-state index is 10.9. The number of benzene rings is 1. The molecule has 1 aromatic heterocycles. The quantitative estimate of drug-likeness (QED) is 0.857. The molecule has 0 fully saturated rings. The second-order valence-corrected chi connectivity index (χ2v) is 4.36. The van der Waals surface area contributed by atoms with E-state index in [-0.39, 0.29) is 5.91 Å². The van der Waals surface area contributed by atoms with Gasteiger partial charge in [0.2, 0.25) is 11.1 Å². The zero-order chi connectivity index (χ0) is 13.0. The average Bonchev–Trinajstić information content (AvgIpc) is 2.39. The first kappa shape index (κ1) is 12.5. The molecule has 0 aliphatic heterocycles. The highest BCUT2D eigenvalue weighted by Crippen LogP contribution is 2.20. The van der Waals surface area contributed by atoms with E-state index in [1.165, 1.54) is 18.7 Å². The molecule has 1 amide bonds. The van der Waals surface area contributed by atoms with Crippen molar-refractivity contribution in [2.24, 2.45) is 0 Å². The van der Waals surface area contributed by atoms with E-state index < -0.39 is 0 Å². The number of rotatable bonds is 3. The topological polar surface area (TPSA) is 67.8 Å². The molecular weight excluding hydrogens is 248 g/mol. The second kappa shape index (κ2) is 5.59. The van der Waals surface area contributed by atoms with E-state index >= 15 is 0 Å². The van der Waals surface area contributed by atoms with Crippen molar-refractivity contribution in [3.63, 3.8) is 0 Å². The highest BCUT2D eigenvalue weighted by Gasteiger charge is 2.03. The van der Waals surface area contributed by atoms with Crippen LogP contribution < -0.4 is 5.32 Å². The lowest BCUT2D eigenvalue weighted by molar-refractivity contribution is -0.114. The summed E-state index contributed by atoms with van der Waals surface area (Å²) in [7, 11) is 0. The summed E-state index contributed by atoms with van der Waals surface area (Å²) in [6.07, 6.45) is 3.52. The molecule has 92 valence electrons. The minimum absolute atomic E-state index is 0.0869. The van der Waals surface area contributed by atoms with E-state index in [2.05, 4.69) is 20.5 Å². The van der Waals surface area contributed by atoms with E-state index in [0.29, 0.717) is 5.16 Å². The molecular formula is C12H12N4OS. The van der Waals surface area contributed by atoms with Gasteiger partial charge in [0.05, 0.1) is 11.9 Å². The van der Waals surface area contributed by atoms with Crippen LogP contribution in [0.3, 0.4) is 0 Å². The Labute approximate surface area is 109 Å². The van der Waals surface area contributed by atoms with Crippen LogP contribution in [0.1, 0.15) is 6.92 Å². The molecule has 0 unspecified atom stereocenters. The molecule has 0 atom stereocenters. The lowest BCUT2D eigenvalue weighted by Gasteiger charge is -2.04. The number of nitrogens with zero attached hydrogens (tertiary/aromatic N) is 3. The maximum Gasteiger partial charge on any atom is 0.221 e. The molecule has 0 spiro atoms. The van der Waals surface area contributed by atoms with Crippen molar-refractivity contribution in [2.75, 3.05) is 11.6 Å². The zero-order valence-electron chi connectivity index (χ0n) is 10.0. The average molecular weight is 260 g/mol. The largest absolute Gasteiger partial charge is 0.326 e. The smallest absolute Gasteiger partial charge is 0.221 e. The maximum atomic E-state index is 10.9.